The van der Waals surface area contributed by atoms with Crippen LogP contribution in [0.5, 0.6) is 0 Å². The highest BCUT2D eigenvalue weighted by Crippen LogP contribution is 2.49. The number of rotatable bonds is 9. The van der Waals surface area contributed by atoms with Crippen LogP contribution in [0.15, 0.2) is 0 Å². The number of nitrogens with zero attached hydrogens (tertiary/aromatic N) is 1. The summed E-state index contributed by atoms with van der Waals surface area (Å²) in [6, 6.07) is 0.275. The lowest BCUT2D eigenvalue weighted by molar-refractivity contribution is -0.139. The quantitative estimate of drug-likeness (QED) is 0.620. The molecule has 2 rings (SSSR count). The van der Waals surface area contributed by atoms with Crippen LogP contribution in [0.4, 0.5) is 0 Å². The maximum absolute atomic E-state index is 12.1. The average molecular weight is 346 g/mol. The van der Waals surface area contributed by atoms with Crippen LogP contribution >= 0.6 is 0 Å². The van der Waals surface area contributed by atoms with E-state index in [4.69, 9.17) is 5.11 Å². The fraction of sp³-hybridized carbons (Fsp3) is 0.867. The molecule has 2 saturated carbocycles. The fourth-order valence-corrected chi connectivity index (χ4v) is 4.90. The minimum atomic E-state index is -3.06. The molecule has 0 bridgehead atoms. The van der Waals surface area contributed by atoms with Crippen molar-refractivity contribution in [3.8, 4) is 0 Å². The van der Waals surface area contributed by atoms with Crippen LogP contribution in [-0.4, -0.2) is 67.5 Å². The molecule has 0 heterocycles. The normalized spacial score (nSPS) is 25.7. The molecule has 0 aromatic carbocycles. The van der Waals surface area contributed by atoms with Crippen molar-refractivity contribution in [3.05, 3.63) is 0 Å². The number of carboxylic acids is 1. The number of likely N-dealkylation sites (N-methyl/N-ethyl adjacent to an activating group) is 1. The summed E-state index contributed by atoms with van der Waals surface area (Å²) in [5.41, 5.74) is -0.348. The van der Waals surface area contributed by atoms with E-state index < -0.39 is 15.8 Å². The van der Waals surface area contributed by atoms with Crippen LogP contribution in [0.25, 0.3) is 0 Å². The van der Waals surface area contributed by atoms with Crippen molar-refractivity contribution in [1.82, 2.24) is 10.2 Å². The minimum absolute atomic E-state index is 0.0271. The summed E-state index contributed by atoms with van der Waals surface area (Å²) in [6.07, 6.45) is 4.58. The van der Waals surface area contributed by atoms with E-state index in [-0.39, 0.29) is 42.1 Å². The summed E-state index contributed by atoms with van der Waals surface area (Å²) in [6.45, 7) is 2.63. The van der Waals surface area contributed by atoms with Gasteiger partial charge in [0, 0.05) is 24.8 Å². The van der Waals surface area contributed by atoms with Gasteiger partial charge in [-0.25, -0.2) is 8.42 Å². The first-order chi connectivity index (χ1) is 10.6. The third-order valence-corrected chi connectivity index (χ3v) is 5.94. The van der Waals surface area contributed by atoms with Gasteiger partial charge in [-0.15, -0.1) is 0 Å². The number of hydrogen-bond donors (Lipinski definition) is 2. The van der Waals surface area contributed by atoms with E-state index in [1.54, 1.807) is 0 Å². The standard InChI is InChI=1S/C15H26N2O5S/c1-3-17(9-14(19)20)12-6-11(7-12)16-13(18)8-15(4-5-15)10-23(2,21)22/h11-12H,3-10H2,1-2H3,(H,16,18)(H,19,20). The van der Waals surface area contributed by atoms with Gasteiger partial charge in [0.2, 0.25) is 5.91 Å². The van der Waals surface area contributed by atoms with E-state index in [0.29, 0.717) is 6.54 Å². The molecule has 2 fully saturated rings. The first-order valence-corrected chi connectivity index (χ1v) is 10.1. The average Bonchev–Trinajstić information content (AvgIpc) is 3.07. The summed E-state index contributed by atoms with van der Waals surface area (Å²) in [4.78, 5) is 24.8. The fourth-order valence-electron chi connectivity index (χ4n) is 3.40. The first kappa shape index (κ1) is 18.2. The lowest BCUT2D eigenvalue weighted by Gasteiger charge is -2.42. The number of carbonyl (C=O) groups excluding carboxylic acids is 1. The zero-order chi connectivity index (χ0) is 17.3. The molecule has 23 heavy (non-hydrogen) atoms. The maximum Gasteiger partial charge on any atom is 0.317 e. The largest absolute Gasteiger partial charge is 0.480 e. The second kappa shape index (κ2) is 6.76. The van der Waals surface area contributed by atoms with Gasteiger partial charge >= 0.3 is 5.97 Å². The van der Waals surface area contributed by atoms with E-state index in [0.717, 1.165) is 25.7 Å². The molecule has 7 nitrogen and oxygen atoms in total. The molecule has 1 amide bonds. The molecule has 0 unspecified atom stereocenters. The highest BCUT2D eigenvalue weighted by Gasteiger charge is 2.47. The number of nitrogens with one attached hydrogen (secondary N) is 1. The Bertz CT molecular complexity index is 564. The van der Waals surface area contributed by atoms with Crippen LogP contribution in [0, 0.1) is 5.41 Å². The van der Waals surface area contributed by atoms with E-state index in [1.165, 1.54) is 6.26 Å². The molecule has 2 aliphatic rings. The number of sulfone groups is 1. The molecular weight excluding hydrogens is 320 g/mol. The van der Waals surface area contributed by atoms with Crippen molar-refractivity contribution in [1.29, 1.82) is 0 Å². The van der Waals surface area contributed by atoms with Crippen molar-refractivity contribution in [2.45, 2.75) is 51.1 Å². The predicted molar refractivity (Wildman–Crippen MR) is 85.8 cm³/mol. The summed E-state index contributed by atoms with van der Waals surface area (Å²) < 4.78 is 22.8. The van der Waals surface area contributed by atoms with Gasteiger partial charge in [0.05, 0.1) is 12.3 Å². The molecular formula is C15H26N2O5S. The van der Waals surface area contributed by atoms with Crippen LogP contribution in [0.1, 0.15) is 39.0 Å². The topological polar surface area (TPSA) is 104 Å². The second-order valence-corrected chi connectivity index (χ2v) is 9.23. The number of aliphatic carboxylic acids is 1. The van der Waals surface area contributed by atoms with E-state index in [2.05, 4.69) is 5.32 Å². The number of hydrogen-bond acceptors (Lipinski definition) is 5. The highest BCUT2D eigenvalue weighted by molar-refractivity contribution is 7.90. The van der Waals surface area contributed by atoms with Crippen molar-refractivity contribution in [2.75, 3.05) is 25.1 Å². The Hall–Kier alpha value is -1.15. The Labute approximate surface area is 137 Å². The van der Waals surface area contributed by atoms with Gasteiger partial charge in [0.1, 0.15) is 9.84 Å². The Morgan fingerprint density at radius 1 is 1.30 bits per heavy atom. The van der Waals surface area contributed by atoms with Gasteiger partial charge in [-0.2, -0.15) is 0 Å². The minimum Gasteiger partial charge on any atom is -0.480 e. The Kier molecular flexibility index (Phi) is 5.35. The summed E-state index contributed by atoms with van der Waals surface area (Å²) >= 11 is 0. The van der Waals surface area contributed by atoms with Crippen LogP contribution in [0.3, 0.4) is 0 Å². The second-order valence-electron chi connectivity index (χ2n) is 7.09. The summed E-state index contributed by atoms with van der Waals surface area (Å²) in [7, 11) is -3.06. The Morgan fingerprint density at radius 3 is 2.35 bits per heavy atom. The molecule has 132 valence electrons. The van der Waals surface area contributed by atoms with Gasteiger partial charge < -0.3 is 10.4 Å². The molecule has 0 saturated heterocycles. The summed E-state index contributed by atoms with van der Waals surface area (Å²) in [5, 5.41) is 11.8. The zero-order valence-electron chi connectivity index (χ0n) is 13.7. The third-order valence-electron chi connectivity index (χ3n) is 4.80. The molecule has 2 aliphatic carbocycles. The smallest absolute Gasteiger partial charge is 0.317 e. The van der Waals surface area contributed by atoms with E-state index in [9.17, 15) is 18.0 Å². The van der Waals surface area contributed by atoms with Crippen molar-refractivity contribution >= 4 is 21.7 Å². The third kappa shape index (κ3) is 5.46. The molecule has 2 N–H and O–H groups in total. The van der Waals surface area contributed by atoms with Crippen LogP contribution in [0.2, 0.25) is 0 Å². The molecule has 0 radical (unpaired) electrons. The van der Waals surface area contributed by atoms with Crippen molar-refractivity contribution in [3.63, 3.8) is 0 Å². The van der Waals surface area contributed by atoms with E-state index >= 15 is 0 Å². The number of carboxylic acid groups (broad SMARTS) is 1. The molecule has 0 spiro atoms. The van der Waals surface area contributed by atoms with Gasteiger partial charge in [-0.3, -0.25) is 14.5 Å². The molecule has 8 heteroatoms. The number of amides is 1. The molecule has 0 aromatic rings. The van der Waals surface area contributed by atoms with Gasteiger partial charge in [-0.05, 0) is 37.6 Å². The lowest BCUT2D eigenvalue weighted by Crippen LogP contribution is -2.55. The van der Waals surface area contributed by atoms with E-state index in [1.807, 2.05) is 11.8 Å². The maximum atomic E-state index is 12.1. The molecule has 0 atom stereocenters. The Balaban J connectivity index is 1.73. The zero-order valence-corrected chi connectivity index (χ0v) is 14.6. The first-order valence-electron chi connectivity index (χ1n) is 8.05. The molecule has 0 aliphatic heterocycles. The highest BCUT2D eigenvalue weighted by atomic mass is 32.2. The monoisotopic (exact) mass is 346 g/mol. The summed E-state index contributed by atoms with van der Waals surface area (Å²) in [5.74, 6) is -0.838. The van der Waals surface area contributed by atoms with Crippen molar-refractivity contribution < 1.29 is 23.1 Å². The Morgan fingerprint density at radius 2 is 1.91 bits per heavy atom. The van der Waals surface area contributed by atoms with Gasteiger partial charge in [0.15, 0.2) is 0 Å². The van der Waals surface area contributed by atoms with Crippen molar-refractivity contribution in [2.24, 2.45) is 5.41 Å². The number of carbonyl (C=O) groups is 2. The molecule has 0 aromatic heterocycles. The van der Waals surface area contributed by atoms with Gasteiger partial charge in [-0.1, -0.05) is 6.92 Å². The van der Waals surface area contributed by atoms with Crippen LogP contribution in [-0.2, 0) is 19.4 Å². The lowest BCUT2D eigenvalue weighted by atomic mass is 9.85. The van der Waals surface area contributed by atoms with Crippen LogP contribution < -0.4 is 5.32 Å². The van der Waals surface area contributed by atoms with Gasteiger partial charge in [0.25, 0.3) is 0 Å². The SMILES string of the molecule is CCN(CC(=O)O)C1CC(NC(=O)CC2(CS(C)(=O)=O)CC2)C1. The predicted octanol–water partition coefficient (Wildman–Crippen LogP) is 0.255.